The highest BCUT2D eigenvalue weighted by Gasteiger charge is 2.65. The third-order valence-corrected chi connectivity index (χ3v) is 5.98. The van der Waals surface area contributed by atoms with Crippen LogP contribution < -0.4 is 5.32 Å². The summed E-state index contributed by atoms with van der Waals surface area (Å²) in [5.74, 6) is 0.110. The van der Waals surface area contributed by atoms with Crippen LogP contribution in [-0.2, 0) is 10.2 Å². The van der Waals surface area contributed by atoms with Crippen LogP contribution in [0.3, 0.4) is 0 Å². The summed E-state index contributed by atoms with van der Waals surface area (Å²) in [5.41, 5.74) is 0.966. The van der Waals surface area contributed by atoms with E-state index in [0.29, 0.717) is 5.56 Å². The van der Waals surface area contributed by atoms with Crippen LogP contribution >= 0.6 is 0 Å². The Morgan fingerprint density at radius 2 is 1.62 bits per heavy atom. The highest BCUT2D eigenvalue weighted by Crippen LogP contribution is 2.54. The van der Waals surface area contributed by atoms with Gasteiger partial charge in [0.05, 0.1) is 6.54 Å². The Kier molecular flexibility index (Phi) is 3.76. The highest BCUT2D eigenvalue weighted by atomic mass is 16.2. The summed E-state index contributed by atoms with van der Waals surface area (Å²) in [6.45, 7) is 6.17. The lowest BCUT2D eigenvalue weighted by Gasteiger charge is -2.26. The Morgan fingerprint density at radius 3 is 2.08 bits per heavy atom. The van der Waals surface area contributed by atoms with E-state index in [-0.39, 0.29) is 35.5 Å². The van der Waals surface area contributed by atoms with E-state index in [4.69, 9.17) is 0 Å². The summed E-state index contributed by atoms with van der Waals surface area (Å²) in [4.78, 5) is 39.3. The monoisotopic (exact) mass is 354 g/mol. The second-order valence-corrected chi connectivity index (χ2v) is 8.99. The van der Waals surface area contributed by atoms with E-state index in [1.54, 1.807) is 12.1 Å². The zero-order valence-electron chi connectivity index (χ0n) is 15.7. The molecular weight excluding hydrogens is 328 g/mol. The van der Waals surface area contributed by atoms with Gasteiger partial charge in [-0.05, 0) is 48.5 Å². The minimum atomic E-state index is -0.729. The second-order valence-electron chi connectivity index (χ2n) is 8.99. The molecule has 5 nitrogen and oxygen atoms in total. The van der Waals surface area contributed by atoms with Crippen molar-refractivity contribution in [2.75, 3.05) is 6.54 Å². The largest absolute Gasteiger partial charge is 0.325 e. The number of imide groups is 1. The molecule has 1 heterocycles. The van der Waals surface area contributed by atoms with Crippen molar-refractivity contribution in [3.05, 3.63) is 35.4 Å². The zero-order valence-corrected chi connectivity index (χ0v) is 15.7. The van der Waals surface area contributed by atoms with Gasteiger partial charge in [0.2, 0.25) is 0 Å². The first kappa shape index (κ1) is 17.3. The van der Waals surface area contributed by atoms with E-state index in [9.17, 15) is 14.4 Å². The molecule has 0 bridgehead atoms. The fraction of sp³-hybridized carbons (Fsp3) is 0.571. The topological polar surface area (TPSA) is 66.5 Å². The van der Waals surface area contributed by atoms with Gasteiger partial charge in [-0.3, -0.25) is 14.5 Å². The third-order valence-electron chi connectivity index (χ3n) is 5.98. The van der Waals surface area contributed by atoms with Crippen molar-refractivity contribution in [3.8, 4) is 0 Å². The van der Waals surface area contributed by atoms with Gasteiger partial charge in [0.1, 0.15) is 5.54 Å². The first-order valence-corrected chi connectivity index (χ1v) is 9.51. The van der Waals surface area contributed by atoms with Crippen molar-refractivity contribution >= 4 is 17.7 Å². The van der Waals surface area contributed by atoms with E-state index in [1.807, 2.05) is 12.1 Å². The van der Waals surface area contributed by atoms with Gasteiger partial charge in [0.15, 0.2) is 5.78 Å². The van der Waals surface area contributed by atoms with Crippen LogP contribution in [0.15, 0.2) is 24.3 Å². The quantitative estimate of drug-likeness (QED) is 0.652. The molecule has 1 N–H and O–H groups in total. The number of hydrogen-bond donors (Lipinski definition) is 1. The molecule has 0 unspecified atom stereocenters. The number of amides is 3. The molecule has 3 aliphatic rings. The number of nitrogens with one attached hydrogen (secondary N) is 1. The number of nitrogens with zero attached hydrogens (tertiary/aromatic N) is 1. The van der Waals surface area contributed by atoms with Crippen LogP contribution in [0, 0.1) is 11.8 Å². The van der Waals surface area contributed by atoms with Gasteiger partial charge in [-0.15, -0.1) is 0 Å². The van der Waals surface area contributed by atoms with Crippen LogP contribution in [0.5, 0.6) is 0 Å². The third kappa shape index (κ3) is 2.74. The summed E-state index contributed by atoms with van der Waals surface area (Å²) >= 11 is 0. The van der Waals surface area contributed by atoms with E-state index >= 15 is 0 Å². The normalized spacial score (nSPS) is 22.5. The minimum absolute atomic E-state index is 0.0144. The molecule has 4 rings (SSSR count). The molecule has 1 aromatic rings. The minimum Gasteiger partial charge on any atom is -0.323 e. The summed E-state index contributed by atoms with van der Waals surface area (Å²) < 4.78 is 0. The Labute approximate surface area is 154 Å². The van der Waals surface area contributed by atoms with E-state index in [2.05, 4.69) is 26.1 Å². The fourth-order valence-corrected chi connectivity index (χ4v) is 4.11. The molecule has 3 fully saturated rings. The number of benzene rings is 1. The Morgan fingerprint density at radius 1 is 1.08 bits per heavy atom. The van der Waals surface area contributed by atoms with Crippen LogP contribution in [0.25, 0.3) is 0 Å². The van der Waals surface area contributed by atoms with Crippen LogP contribution in [-0.4, -0.2) is 34.7 Å². The molecule has 2 saturated carbocycles. The van der Waals surface area contributed by atoms with Crippen molar-refractivity contribution in [1.82, 2.24) is 10.2 Å². The SMILES string of the molecule is CC(C)(C)c1ccc(C(=O)CN2C(=O)NC(C3CC3)(C3CC3)C2=O)cc1. The maximum absolute atomic E-state index is 13.0. The summed E-state index contributed by atoms with van der Waals surface area (Å²) in [6, 6.07) is 7.05. The number of ketones is 1. The van der Waals surface area contributed by atoms with Crippen molar-refractivity contribution in [3.63, 3.8) is 0 Å². The van der Waals surface area contributed by atoms with Crippen LogP contribution in [0.4, 0.5) is 4.79 Å². The van der Waals surface area contributed by atoms with Gasteiger partial charge in [0.25, 0.3) is 5.91 Å². The zero-order chi connectivity index (χ0) is 18.7. The fourth-order valence-electron chi connectivity index (χ4n) is 4.11. The molecule has 3 amide bonds. The molecule has 0 aromatic heterocycles. The molecule has 0 atom stereocenters. The smallest absolute Gasteiger partial charge is 0.323 e. The molecule has 1 saturated heterocycles. The Bertz CT molecular complexity index is 755. The molecule has 0 spiro atoms. The average Bonchev–Trinajstić information content (AvgIpc) is 3.47. The predicted molar refractivity (Wildman–Crippen MR) is 97.9 cm³/mol. The van der Waals surface area contributed by atoms with Gasteiger partial charge < -0.3 is 5.32 Å². The van der Waals surface area contributed by atoms with Gasteiger partial charge in [-0.1, -0.05) is 45.0 Å². The second kappa shape index (κ2) is 5.66. The van der Waals surface area contributed by atoms with Crippen molar-refractivity contribution in [1.29, 1.82) is 0 Å². The number of rotatable bonds is 5. The average molecular weight is 354 g/mol. The molecule has 26 heavy (non-hydrogen) atoms. The summed E-state index contributed by atoms with van der Waals surface area (Å²) in [7, 11) is 0. The Hall–Kier alpha value is -2.17. The standard InChI is InChI=1S/C21H26N2O3/c1-20(2,3)14-6-4-13(5-7-14)17(24)12-23-18(25)21(15-8-9-15,16-10-11-16)22-19(23)26/h4-7,15-16H,8-12H2,1-3H3,(H,22,26). The molecule has 2 aliphatic carbocycles. The lowest BCUT2D eigenvalue weighted by atomic mass is 9.86. The highest BCUT2D eigenvalue weighted by molar-refractivity contribution is 6.11. The maximum atomic E-state index is 13.0. The summed E-state index contributed by atoms with van der Waals surface area (Å²) in [5, 5.41) is 2.96. The van der Waals surface area contributed by atoms with E-state index in [1.165, 1.54) is 0 Å². The van der Waals surface area contributed by atoms with Gasteiger partial charge in [-0.25, -0.2) is 4.79 Å². The van der Waals surface area contributed by atoms with Crippen LogP contribution in [0.1, 0.15) is 62.4 Å². The van der Waals surface area contributed by atoms with Gasteiger partial charge in [0, 0.05) is 5.56 Å². The van der Waals surface area contributed by atoms with Crippen LogP contribution in [0.2, 0.25) is 0 Å². The number of carbonyl (C=O) groups is 3. The first-order chi connectivity index (χ1) is 12.2. The van der Waals surface area contributed by atoms with Gasteiger partial charge in [-0.2, -0.15) is 0 Å². The number of Topliss-reactive ketones (excluding diaryl/α,β-unsaturated/α-hetero) is 1. The molecule has 1 aliphatic heterocycles. The number of carbonyl (C=O) groups excluding carboxylic acids is 3. The lowest BCUT2D eigenvalue weighted by molar-refractivity contribution is -0.132. The lowest BCUT2D eigenvalue weighted by Crippen LogP contribution is -2.51. The predicted octanol–water partition coefficient (Wildman–Crippen LogP) is 3.28. The number of urea groups is 1. The van der Waals surface area contributed by atoms with E-state index < -0.39 is 11.6 Å². The van der Waals surface area contributed by atoms with Crippen molar-refractivity contribution in [2.24, 2.45) is 11.8 Å². The molecular formula is C21H26N2O3. The van der Waals surface area contributed by atoms with E-state index in [0.717, 1.165) is 36.1 Å². The summed E-state index contributed by atoms with van der Waals surface area (Å²) in [6.07, 6.45) is 3.94. The molecule has 138 valence electrons. The molecule has 0 radical (unpaired) electrons. The van der Waals surface area contributed by atoms with Gasteiger partial charge >= 0.3 is 6.03 Å². The van der Waals surface area contributed by atoms with Crippen molar-refractivity contribution in [2.45, 2.75) is 57.4 Å². The number of hydrogen-bond acceptors (Lipinski definition) is 3. The van der Waals surface area contributed by atoms with Crippen molar-refractivity contribution < 1.29 is 14.4 Å². The first-order valence-electron chi connectivity index (χ1n) is 9.51. The Balaban J connectivity index is 1.51. The molecule has 1 aromatic carbocycles. The molecule has 5 heteroatoms. The maximum Gasteiger partial charge on any atom is 0.325 e.